The van der Waals surface area contributed by atoms with Crippen LogP contribution in [0.5, 0.6) is 0 Å². The summed E-state index contributed by atoms with van der Waals surface area (Å²) in [6.45, 7) is 3.03. The highest BCUT2D eigenvalue weighted by Gasteiger charge is 2.56. The van der Waals surface area contributed by atoms with Crippen LogP contribution < -0.4 is 0 Å². The molecule has 1 saturated carbocycles. The molecule has 1 aliphatic heterocycles. The Labute approximate surface area is 55.1 Å². The first-order chi connectivity index (χ1) is 4.42. The third-order valence-corrected chi connectivity index (χ3v) is 1.99. The maximum atomic E-state index is 5.46. The predicted molar refractivity (Wildman–Crippen MR) is 33.3 cm³/mol. The molecule has 2 rings (SSSR count). The van der Waals surface area contributed by atoms with E-state index < -0.39 is 0 Å². The fourth-order valence-corrected chi connectivity index (χ4v) is 1.27. The first-order valence-corrected chi connectivity index (χ1v) is 3.69. The fourth-order valence-electron chi connectivity index (χ4n) is 1.27. The van der Waals surface area contributed by atoms with Gasteiger partial charge in [0.05, 0.1) is 12.2 Å². The van der Waals surface area contributed by atoms with E-state index in [1.54, 1.807) is 0 Å². The maximum absolute atomic E-state index is 5.46. The summed E-state index contributed by atoms with van der Waals surface area (Å²) in [5, 5.41) is 0. The standard InChI is InChI=1S/C7H12O2/c1-2-3-8-5-4-6-7(5)9-6/h5-7H,2-4H2,1H3. The quantitative estimate of drug-likeness (QED) is 0.528. The van der Waals surface area contributed by atoms with Gasteiger partial charge in [-0.2, -0.15) is 0 Å². The third kappa shape index (κ3) is 0.864. The van der Waals surface area contributed by atoms with Gasteiger partial charge in [0.1, 0.15) is 6.10 Å². The van der Waals surface area contributed by atoms with Crippen LogP contribution in [-0.4, -0.2) is 24.9 Å². The van der Waals surface area contributed by atoms with Gasteiger partial charge in [0.2, 0.25) is 0 Å². The monoisotopic (exact) mass is 128 g/mol. The third-order valence-electron chi connectivity index (χ3n) is 1.99. The van der Waals surface area contributed by atoms with Crippen molar-refractivity contribution in [1.82, 2.24) is 0 Å². The average molecular weight is 128 g/mol. The second-order valence-electron chi connectivity index (χ2n) is 2.78. The highest BCUT2D eigenvalue weighted by molar-refractivity contribution is 5.04. The summed E-state index contributed by atoms with van der Waals surface area (Å²) >= 11 is 0. The molecule has 1 saturated heterocycles. The van der Waals surface area contributed by atoms with Crippen LogP contribution in [0.1, 0.15) is 19.8 Å². The first kappa shape index (κ1) is 5.69. The predicted octanol–water partition coefficient (Wildman–Crippen LogP) is 0.953. The summed E-state index contributed by atoms with van der Waals surface area (Å²) in [5.41, 5.74) is 0. The summed E-state index contributed by atoms with van der Waals surface area (Å²) in [5.74, 6) is 0. The minimum absolute atomic E-state index is 0.454. The highest BCUT2D eigenvalue weighted by atomic mass is 16.6. The molecule has 2 heteroatoms. The van der Waals surface area contributed by atoms with Gasteiger partial charge in [0.25, 0.3) is 0 Å². The van der Waals surface area contributed by atoms with Gasteiger partial charge < -0.3 is 9.47 Å². The van der Waals surface area contributed by atoms with Crippen LogP contribution in [0, 0.1) is 0 Å². The van der Waals surface area contributed by atoms with E-state index >= 15 is 0 Å². The topological polar surface area (TPSA) is 21.8 Å². The van der Waals surface area contributed by atoms with E-state index in [-0.39, 0.29) is 0 Å². The Hall–Kier alpha value is -0.0800. The molecule has 0 aromatic carbocycles. The van der Waals surface area contributed by atoms with Crippen LogP contribution in [0.2, 0.25) is 0 Å². The molecule has 52 valence electrons. The van der Waals surface area contributed by atoms with Gasteiger partial charge in [-0.25, -0.2) is 0 Å². The van der Waals surface area contributed by atoms with Crippen molar-refractivity contribution in [1.29, 1.82) is 0 Å². The number of hydrogen-bond acceptors (Lipinski definition) is 2. The second kappa shape index (κ2) is 1.96. The molecule has 2 fully saturated rings. The lowest BCUT2D eigenvalue weighted by atomic mass is 9.96. The van der Waals surface area contributed by atoms with E-state index in [1.165, 1.54) is 0 Å². The molecule has 0 bridgehead atoms. The fraction of sp³-hybridized carbons (Fsp3) is 1.00. The molecular weight excluding hydrogens is 116 g/mol. The minimum Gasteiger partial charge on any atom is -0.375 e. The Bertz CT molecular complexity index is 113. The van der Waals surface area contributed by atoms with E-state index in [0.717, 1.165) is 19.4 Å². The van der Waals surface area contributed by atoms with Crippen LogP contribution in [0.3, 0.4) is 0 Å². The molecule has 0 aromatic rings. The van der Waals surface area contributed by atoms with E-state index in [9.17, 15) is 0 Å². The second-order valence-corrected chi connectivity index (χ2v) is 2.78. The van der Waals surface area contributed by atoms with Gasteiger partial charge in [-0.15, -0.1) is 0 Å². The first-order valence-electron chi connectivity index (χ1n) is 3.69. The lowest BCUT2D eigenvalue weighted by Crippen LogP contribution is -2.32. The smallest absolute Gasteiger partial charge is 0.110 e. The molecule has 2 aliphatic rings. The van der Waals surface area contributed by atoms with E-state index in [2.05, 4.69) is 6.92 Å². The van der Waals surface area contributed by atoms with Crippen molar-refractivity contribution >= 4 is 0 Å². The molecule has 1 aliphatic carbocycles. The minimum atomic E-state index is 0.454. The van der Waals surface area contributed by atoms with Crippen molar-refractivity contribution in [2.24, 2.45) is 0 Å². The summed E-state index contributed by atoms with van der Waals surface area (Å²) in [4.78, 5) is 0. The summed E-state index contributed by atoms with van der Waals surface area (Å²) in [7, 11) is 0. The molecule has 0 N–H and O–H groups in total. The molecular formula is C7H12O2. The Morgan fingerprint density at radius 2 is 2.56 bits per heavy atom. The molecule has 0 radical (unpaired) electrons. The van der Waals surface area contributed by atoms with Gasteiger partial charge in [-0.1, -0.05) is 6.92 Å². The zero-order valence-corrected chi connectivity index (χ0v) is 5.67. The van der Waals surface area contributed by atoms with E-state index in [1.807, 2.05) is 0 Å². The van der Waals surface area contributed by atoms with E-state index in [0.29, 0.717) is 18.3 Å². The lowest BCUT2D eigenvalue weighted by molar-refractivity contribution is 0.0197. The van der Waals surface area contributed by atoms with Crippen LogP contribution in [0.25, 0.3) is 0 Å². The summed E-state index contributed by atoms with van der Waals surface area (Å²) in [6.07, 6.45) is 3.80. The van der Waals surface area contributed by atoms with Crippen molar-refractivity contribution in [2.45, 2.75) is 38.1 Å². The summed E-state index contributed by atoms with van der Waals surface area (Å²) < 4.78 is 10.7. The van der Waals surface area contributed by atoms with Crippen molar-refractivity contribution in [3.05, 3.63) is 0 Å². The van der Waals surface area contributed by atoms with Crippen molar-refractivity contribution in [2.75, 3.05) is 6.61 Å². The number of fused-ring (bicyclic) bond motifs is 1. The SMILES string of the molecule is CCCOC1CC2OC12. The van der Waals surface area contributed by atoms with Crippen LogP contribution in [-0.2, 0) is 9.47 Å². The normalized spacial score (nSPS) is 45.7. The van der Waals surface area contributed by atoms with E-state index in [4.69, 9.17) is 9.47 Å². The Kier molecular flexibility index (Phi) is 1.24. The number of hydrogen-bond donors (Lipinski definition) is 0. The average Bonchev–Trinajstić information content (AvgIpc) is 2.44. The van der Waals surface area contributed by atoms with Crippen LogP contribution in [0.4, 0.5) is 0 Å². The molecule has 0 aromatic heterocycles. The molecule has 9 heavy (non-hydrogen) atoms. The van der Waals surface area contributed by atoms with Crippen molar-refractivity contribution < 1.29 is 9.47 Å². The van der Waals surface area contributed by atoms with Crippen LogP contribution in [0.15, 0.2) is 0 Å². The molecule has 3 atom stereocenters. The van der Waals surface area contributed by atoms with Gasteiger partial charge in [0.15, 0.2) is 0 Å². The molecule has 1 heterocycles. The highest BCUT2D eigenvalue weighted by Crippen LogP contribution is 2.43. The number of rotatable bonds is 3. The molecule has 0 spiro atoms. The lowest BCUT2D eigenvalue weighted by Gasteiger charge is -2.19. The van der Waals surface area contributed by atoms with Crippen molar-refractivity contribution in [3.8, 4) is 0 Å². The Morgan fingerprint density at radius 3 is 3.00 bits per heavy atom. The zero-order chi connectivity index (χ0) is 6.27. The summed E-state index contributed by atoms with van der Waals surface area (Å²) in [6, 6.07) is 0. The number of epoxide rings is 1. The molecule has 0 amide bonds. The van der Waals surface area contributed by atoms with Gasteiger partial charge in [-0.3, -0.25) is 0 Å². The molecule has 2 nitrogen and oxygen atoms in total. The van der Waals surface area contributed by atoms with Crippen LogP contribution >= 0.6 is 0 Å². The van der Waals surface area contributed by atoms with Gasteiger partial charge >= 0.3 is 0 Å². The zero-order valence-electron chi connectivity index (χ0n) is 5.67. The number of ether oxygens (including phenoxy) is 2. The largest absolute Gasteiger partial charge is 0.375 e. The van der Waals surface area contributed by atoms with Gasteiger partial charge in [0, 0.05) is 13.0 Å². The Morgan fingerprint density at radius 1 is 1.67 bits per heavy atom. The Balaban J connectivity index is 1.64. The maximum Gasteiger partial charge on any atom is 0.110 e. The van der Waals surface area contributed by atoms with Gasteiger partial charge in [-0.05, 0) is 6.42 Å². The molecule has 3 unspecified atom stereocenters. The van der Waals surface area contributed by atoms with Crippen molar-refractivity contribution in [3.63, 3.8) is 0 Å².